The average Bonchev–Trinajstić information content (AvgIpc) is 2.89. The molecule has 0 aliphatic rings. The quantitative estimate of drug-likeness (QED) is 0.507. The lowest BCUT2D eigenvalue weighted by Crippen LogP contribution is -2.12. The van der Waals surface area contributed by atoms with E-state index in [2.05, 4.69) is 5.16 Å². The molecule has 0 N–H and O–H groups in total. The van der Waals surface area contributed by atoms with Gasteiger partial charge in [0, 0.05) is 5.56 Å². The van der Waals surface area contributed by atoms with Crippen molar-refractivity contribution in [3.05, 3.63) is 70.6 Å². The maximum atomic E-state index is 12.1. The van der Waals surface area contributed by atoms with Gasteiger partial charge in [-0.1, -0.05) is 53.2 Å². The van der Waals surface area contributed by atoms with Crippen molar-refractivity contribution in [1.82, 2.24) is 5.16 Å². The zero-order valence-electron chi connectivity index (χ0n) is 13.4. The first-order valence-electron chi connectivity index (χ1n) is 7.52. The Kier molecular flexibility index (Phi) is 4.67. The fourth-order valence-corrected chi connectivity index (χ4v) is 2.67. The molecule has 0 radical (unpaired) electrons. The Labute approximate surface area is 145 Å². The number of benzene rings is 2. The Balaban J connectivity index is 1.75. The van der Waals surface area contributed by atoms with Crippen LogP contribution in [-0.4, -0.2) is 11.1 Å². The number of nitrogens with zero attached hydrogens (tertiary/aromatic N) is 1. The van der Waals surface area contributed by atoms with E-state index in [0.717, 1.165) is 16.7 Å². The molecule has 0 amide bonds. The average molecular weight is 342 g/mol. The van der Waals surface area contributed by atoms with Crippen molar-refractivity contribution < 1.29 is 14.1 Å². The van der Waals surface area contributed by atoms with Crippen LogP contribution in [-0.2, 0) is 11.2 Å². The first-order valence-corrected chi connectivity index (χ1v) is 7.90. The maximum Gasteiger partial charge on any atom is 0.315 e. The first kappa shape index (κ1) is 16.3. The molecule has 2 aromatic carbocycles. The smallest absolute Gasteiger partial charge is 0.315 e. The van der Waals surface area contributed by atoms with Crippen LogP contribution in [0.5, 0.6) is 5.75 Å². The Bertz CT molecular complexity index is 852. The lowest BCUT2D eigenvalue weighted by molar-refractivity contribution is -0.133. The number of carbonyl (C=O) groups is 1. The lowest BCUT2D eigenvalue weighted by Gasteiger charge is -2.08. The molecule has 0 bridgehead atoms. The number of ether oxygens (including phenoxy) is 1. The molecule has 0 saturated heterocycles. The van der Waals surface area contributed by atoms with Crippen molar-refractivity contribution >= 4 is 17.6 Å². The molecule has 3 aromatic rings. The van der Waals surface area contributed by atoms with Gasteiger partial charge in [-0.2, -0.15) is 0 Å². The van der Waals surface area contributed by atoms with E-state index in [1.165, 1.54) is 0 Å². The minimum absolute atomic E-state index is 0.0952. The van der Waals surface area contributed by atoms with Crippen LogP contribution >= 0.6 is 11.6 Å². The summed E-state index contributed by atoms with van der Waals surface area (Å²) in [7, 11) is 0. The molecular formula is C19H16ClNO3. The highest BCUT2D eigenvalue weighted by atomic mass is 35.5. The van der Waals surface area contributed by atoms with Crippen molar-refractivity contribution in [3.63, 3.8) is 0 Å². The molecule has 3 rings (SSSR count). The molecule has 24 heavy (non-hydrogen) atoms. The number of carbonyl (C=O) groups excluding carboxylic acids is 1. The summed E-state index contributed by atoms with van der Waals surface area (Å²) in [4.78, 5) is 12.1. The predicted molar refractivity (Wildman–Crippen MR) is 92.2 cm³/mol. The van der Waals surface area contributed by atoms with Crippen LogP contribution in [0.3, 0.4) is 0 Å². The number of aryl methyl sites for hydroxylation is 2. The fraction of sp³-hybridized carbons (Fsp3) is 0.158. The van der Waals surface area contributed by atoms with E-state index in [4.69, 9.17) is 20.9 Å². The molecule has 0 saturated carbocycles. The number of halogens is 1. The van der Waals surface area contributed by atoms with Gasteiger partial charge in [0.25, 0.3) is 0 Å². The van der Waals surface area contributed by atoms with Crippen LogP contribution in [0, 0.1) is 13.8 Å². The Hall–Kier alpha value is -2.59. The molecule has 4 nitrogen and oxygen atoms in total. The van der Waals surface area contributed by atoms with E-state index in [-0.39, 0.29) is 6.42 Å². The van der Waals surface area contributed by atoms with Gasteiger partial charge in [-0.05, 0) is 37.1 Å². The number of rotatable bonds is 4. The summed E-state index contributed by atoms with van der Waals surface area (Å²) in [6, 6.07) is 15.2. The van der Waals surface area contributed by atoms with Gasteiger partial charge in [0.15, 0.2) is 0 Å². The van der Waals surface area contributed by atoms with Gasteiger partial charge in [0.2, 0.25) is 0 Å². The van der Waals surface area contributed by atoms with Crippen molar-refractivity contribution in [1.29, 1.82) is 0 Å². The summed E-state index contributed by atoms with van der Waals surface area (Å²) in [5.41, 5.74) is 3.45. The van der Waals surface area contributed by atoms with E-state index in [0.29, 0.717) is 22.2 Å². The second-order valence-electron chi connectivity index (χ2n) is 5.46. The molecular weight excluding hydrogens is 326 g/mol. The zero-order valence-corrected chi connectivity index (χ0v) is 14.1. The number of aromatic nitrogens is 1. The van der Waals surface area contributed by atoms with Crippen LogP contribution in [0.2, 0.25) is 5.02 Å². The van der Waals surface area contributed by atoms with E-state index in [9.17, 15) is 4.79 Å². The van der Waals surface area contributed by atoms with Crippen molar-refractivity contribution in [2.24, 2.45) is 0 Å². The van der Waals surface area contributed by atoms with Crippen LogP contribution in [0.4, 0.5) is 0 Å². The van der Waals surface area contributed by atoms with E-state index >= 15 is 0 Å². The molecule has 122 valence electrons. The van der Waals surface area contributed by atoms with Gasteiger partial charge in [0.1, 0.15) is 11.5 Å². The van der Waals surface area contributed by atoms with Gasteiger partial charge in [0.05, 0.1) is 17.1 Å². The Morgan fingerprint density at radius 2 is 1.88 bits per heavy atom. The number of esters is 1. The summed E-state index contributed by atoms with van der Waals surface area (Å²) in [6.45, 7) is 3.56. The minimum Gasteiger partial charge on any atom is -0.425 e. The summed E-state index contributed by atoms with van der Waals surface area (Å²) in [6.07, 6.45) is 0.0952. The maximum absolute atomic E-state index is 12.1. The zero-order chi connectivity index (χ0) is 17.1. The summed E-state index contributed by atoms with van der Waals surface area (Å²) in [5, 5.41) is 4.22. The molecule has 0 unspecified atom stereocenters. The number of hydrogen-bond donors (Lipinski definition) is 0. The van der Waals surface area contributed by atoms with Gasteiger partial charge >= 0.3 is 5.97 Å². The highest BCUT2D eigenvalue weighted by Crippen LogP contribution is 2.30. The van der Waals surface area contributed by atoms with Crippen LogP contribution < -0.4 is 4.74 Å². The molecule has 0 aliphatic heterocycles. The highest BCUT2D eigenvalue weighted by molar-refractivity contribution is 6.32. The predicted octanol–water partition coefficient (Wildman–Crippen LogP) is 4.76. The second kappa shape index (κ2) is 6.89. The standard InChI is InChI=1S/C19H16ClNO3/c1-12-16(13(2)24-21-12)11-19(22)23-18-9-8-15(10-17(18)20)14-6-4-3-5-7-14/h3-10H,11H2,1-2H3. The fourth-order valence-electron chi connectivity index (χ4n) is 2.45. The Morgan fingerprint density at radius 1 is 1.12 bits per heavy atom. The van der Waals surface area contributed by atoms with Gasteiger partial charge in [-0.25, -0.2) is 0 Å². The molecule has 0 spiro atoms. The highest BCUT2D eigenvalue weighted by Gasteiger charge is 2.16. The third-order valence-electron chi connectivity index (χ3n) is 3.77. The molecule has 0 aliphatic carbocycles. The van der Waals surface area contributed by atoms with Gasteiger partial charge < -0.3 is 9.26 Å². The molecule has 5 heteroatoms. The van der Waals surface area contributed by atoms with Crippen LogP contribution in [0.15, 0.2) is 53.1 Å². The topological polar surface area (TPSA) is 52.3 Å². The molecule has 0 fully saturated rings. The van der Waals surface area contributed by atoms with E-state index < -0.39 is 5.97 Å². The third kappa shape index (κ3) is 3.49. The Morgan fingerprint density at radius 3 is 2.50 bits per heavy atom. The second-order valence-corrected chi connectivity index (χ2v) is 5.87. The summed E-state index contributed by atoms with van der Waals surface area (Å²) < 4.78 is 10.4. The summed E-state index contributed by atoms with van der Waals surface area (Å²) in [5.74, 6) is 0.557. The van der Waals surface area contributed by atoms with E-state index in [1.54, 1.807) is 26.0 Å². The van der Waals surface area contributed by atoms with Crippen LogP contribution in [0.25, 0.3) is 11.1 Å². The number of hydrogen-bond acceptors (Lipinski definition) is 4. The normalized spacial score (nSPS) is 10.6. The van der Waals surface area contributed by atoms with Crippen molar-refractivity contribution in [2.45, 2.75) is 20.3 Å². The first-order chi connectivity index (χ1) is 11.5. The lowest BCUT2D eigenvalue weighted by atomic mass is 10.1. The largest absolute Gasteiger partial charge is 0.425 e. The third-order valence-corrected chi connectivity index (χ3v) is 4.06. The van der Waals surface area contributed by atoms with Crippen molar-refractivity contribution in [3.8, 4) is 16.9 Å². The minimum atomic E-state index is -0.404. The molecule has 1 aromatic heterocycles. The SMILES string of the molecule is Cc1noc(C)c1CC(=O)Oc1ccc(-c2ccccc2)cc1Cl. The molecule has 1 heterocycles. The molecule has 0 atom stereocenters. The monoisotopic (exact) mass is 341 g/mol. The summed E-state index contributed by atoms with van der Waals surface area (Å²) >= 11 is 6.26. The van der Waals surface area contributed by atoms with Gasteiger partial charge in [-0.15, -0.1) is 0 Å². The van der Waals surface area contributed by atoms with Gasteiger partial charge in [-0.3, -0.25) is 4.79 Å². The van der Waals surface area contributed by atoms with Crippen molar-refractivity contribution in [2.75, 3.05) is 0 Å². The van der Waals surface area contributed by atoms with E-state index in [1.807, 2.05) is 36.4 Å². The van der Waals surface area contributed by atoms with Crippen LogP contribution in [0.1, 0.15) is 17.0 Å².